The molecule has 5 heteroatoms. The Kier molecular flexibility index (Phi) is 4.04. The summed E-state index contributed by atoms with van der Waals surface area (Å²) in [6.07, 6.45) is 4.50. The van der Waals surface area contributed by atoms with Crippen molar-refractivity contribution in [3.63, 3.8) is 0 Å². The molecule has 0 bridgehead atoms. The zero-order valence-corrected chi connectivity index (χ0v) is 10.6. The highest BCUT2D eigenvalue weighted by Gasteiger charge is 2.04. The van der Waals surface area contributed by atoms with Crippen LogP contribution < -0.4 is 5.32 Å². The van der Waals surface area contributed by atoms with Crippen molar-refractivity contribution in [1.29, 1.82) is 0 Å². The smallest absolute Gasteiger partial charge is 0.142 e. The molecule has 2 N–H and O–H groups in total. The lowest BCUT2D eigenvalue weighted by atomic mass is 10.2. The molecule has 2 aromatic heterocycles. The van der Waals surface area contributed by atoms with E-state index >= 15 is 0 Å². The molecule has 0 saturated carbocycles. The third-order valence-corrected chi connectivity index (χ3v) is 2.49. The van der Waals surface area contributed by atoms with Gasteiger partial charge in [-0.25, -0.2) is 9.37 Å². The molecule has 0 aliphatic carbocycles. The minimum atomic E-state index is -0.346. The first kappa shape index (κ1) is 12.7. The third kappa shape index (κ3) is 3.37. The van der Waals surface area contributed by atoms with E-state index in [4.69, 9.17) is 0 Å². The van der Waals surface area contributed by atoms with Gasteiger partial charge in [0.15, 0.2) is 0 Å². The number of hydrogen-bond acceptors (Lipinski definition) is 3. The average molecular weight is 248 g/mol. The Balaban J connectivity index is 2.02. The first-order chi connectivity index (χ1) is 8.65. The molecule has 0 atom stereocenters. The molecule has 0 radical (unpaired) electrons. The summed E-state index contributed by atoms with van der Waals surface area (Å²) in [5, 5.41) is 3.29. The number of pyridine rings is 1. The van der Waals surface area contributed by atoms with E-state index in [9.17, 15) is 4.39 Å². The first-order valence-corrected chi connectivity index (χ1v) is 6.00. The van der Waals surface area contributed by atoms with Crippen LogP contribution in [0.1, 0.15) is 19.7 Å². The van der Waals surface area contributed by atoms with Gasteiger partial charge in [0.2, 0.25) is 0 Å². The molecule has 0 aliphatic heterocycles. The van der Waals surface area contributed by atoms with Crippen LogP contribution >= 0.6 is 0 Å². The summed E-state index contributed by atoms with van der Waals surface area (Å²) in [5.41, 5.74) is 1.49. The number of aromatic nitrogens is 3. The number of aromatic amines is 1. The van der Waals surface area contributed by atoms with E-state index in [-0.39, 0.29) is 5.82 Å². The van der Waals surface area contributed by atoms with Gasteiger partial charge in [-0.3, -0.25) is 4.98 Å². The molecule has 0 spiro atoms. The minimum absolute atomic E-state index is 0.346. The van der Waals surface area contributed by atoms with Crippen LogP contribution in [0, 0.1) is 11.7 Å². The van der Waals surface area contributed by atoms with Crippen LogP contribution in [0.5, 0.6) is 0 Å². The van der Waals surface area contributed by atoms with E-state index in [2.05, 4.69) is 34.1 Å². The normalized spacial score (nSPS) is 11.1. The van der Waals surface area contributed by atoms with E-state index in [1.165, 1.54) is 12.3 Å². The van der Waals surface area contributed by atoms with Crippen LogP contribution in [0.4, 0.5) is 4.39 Å². The number of halogens is 1. The molecule has 2 aromatic rings. The van der Waals surface area contributed by atoms with Crippen LogP contribution in [-0.4, -0.2) is 21.5 Å². The summed E-state index contributed by atoms with van der Waals surface area (Å²) in [5.74, 6) is 1.10. The molecule has 2 rings (SSSR count). The van der Waals surface area contributed by atoms with Crippen molar-refractivity contribution in [2.24, 2.45) is 5.92 Å². The molecular weight excluding hydrogens is 231 g/mol. The maximum Gasteiger partial charge on any atom is 0.142 e. The second-order valence-corrected chi connectivity index (χ2v) is 4.66. The number of H-pyrrole nitrogens is 1. The summed E-state index contributed by atoms with van der Waals surface area (Å²) >= 11 is 0. The van der Waals surface area contributed by atoms with Gasteiger partial charge >= 0.3 is 0 Å². The lowest BCUT2D eigenvalue weighted by Crippen LogP contribution is -2.19. The lowest BCUT2D eigenvalue weighted by molar-refractivity contribution is 0.544. The predicted molar refractivity (Wildman–Crippen MR) is 68.3 cm³/mol. The van der Waals surface area contributed by atoms with Crippen LogP contribution in [0.25, 0.3) is 11.3 Å². The lowest BCUT2D eigenvalue weighted by Gasteiger charge is -2.04. The summed E-state index contributed by atoms with van der Waals surface area (Å²) < 4.78 is 13.0. The second kappa shape index (κ2) is 5.73. The van der Waals surface area contributed by atoms with Crippen molar-refractivity contribution in [1.82, 2.24) is 20.3 Å². The number of rotatable bonds is 5. The van der Waals surface area contributed by atoms with Crippen LogP contribution in [-0.2, 0) is 6.54 Å². The Morgan fingerprint density at radius 2 is 2.17 bits per heavy atom. The van der Waals surface area contributed by atoms with Crippen molar-refractivity contribution < 1.29 is 4.39 Å². The summed E-state index contributed by atoms with van der Waals surface area (Å²) in [4.78, 5) is 11.2. The van der Waals surface area contributed by atoms with Gasteiger partial charge in [0.1, 0.15) is 11.6 Å². The Morgan fingerprint density at radius 3 is 2.89 bits per heavy atom. The van der Waals surface area contributed by atoms with E-state index in [1.54, 1.807) is 12.4 Å². The fourth-order valence-corrected chi connectivity index (χ4v) is 1.64. The van der Waals surface area contributed by atoms with Crippen LogP contribution in [0.15, 0.2) is 24.7 Å². The SMILES string of the molecule is CC(C)CNCc1ncc(-c2cncc(F)c2)[nH]1. The predicted octanol–water partition coefficient (Wildman–Crippen LogP) is 2.36. The maximum absolute atomic E-state index is 13.0. The summed E-state index contributed by atoms with van der Waals surface area (Å²) in [7, 11) is 0. The van der Waals surface area contributed by atoms with Gasteiger partial charge in [0, 0.05) is 11.8 Å². The molecule has 2 heterocycles. The Labute approximate surface area is 106 Å². The molecular formula is C13H17FN4. The average Bonchev–Trinajstić information content (AvgIpc) is 2.77. The Bertz CT molecular complexity index is 507. The fourth-order valence-electron chi connectivity index (χ4n) is 1.64. The molecule has 0 aromatic carbocycles. The van der Waals surface area contributed by atoms with Gasteiger partial charge in [-0.05, 0) is 18.5 Å². The van der Waals surface area contributed by atoms with Crippen molar-refractivity contribution in [3.8, 4) is 11.3 Å². The minimum Gasteiger partial charge on any atom is -0.341 e. The van der Waals surface area contributed by atoms with Crippen molar-refractivity contribution in [2.45, 2.75) is 20.4 Å². The van der Waals surface area contributed by atoms with Gasteiger partial charge in [0.05, 0.1) is 24.6 Å². The number of nitrogens with one attached hydrogen (secondary N) is 2. The van der Waals surface area contributed by atoms with E-state index in [1.807, 2.05) is 0 Å². The van der Waals surface area contributed by atoms with Crippen LogP contribution in [0.3, 0.4) is 0 Å². The van der Waals surface area contributed by atoms with Crippen molar-refractivity contribution >= 4 is 0 Å². The fraction of sp³-hybridized carbons (Fsp3) is 0.385. The van der Waals surface area contributed by atoms with Crippen molar-refractivity contribution in [3.05, 3.63) is 36.3 Å². The molecule has 4 nitrogen and oxygen atoms in total. The molecule has 0 saturated heterocycles. The first-order valence-electron chi connectivity index (χ1n) is 6.00. The molecule has 0 unspecified atom stereocenters. The Hall–Kier alpha value is -1.75. The molecule has 0 aliphatic rings. The molecule has 18 heavy (non-hydrogen) atoms. The van der Waals surface area contributed by atoms with Gasteiger partial charge in [-0.1, -0.05) is 13.8 Å². The molecule has 0 amide bonds. The van der Waals surface area contributed by atoms with E-state index < -0.39 is 0 Å². The van der Waals surface area contributed by atoms with E-state index in [0.29, 0.717) is 18.0 Å². The topological polar surface area (TPSA) is 53.6 Å². The van der Waals surface area contributed by atoms with Gasteiger partial charge in [-0.2, -0.15) is 0 Å². The number of imidazole rings is 1. The highest BCUT2D eigenvalue weighted by molar-refractivity contribution is 5.56. The van der Waals surface area contributed by atoms with Crippen LogP contribution in [0.2, 0.25) is 0 Å². The Morgan fingerprint density at radius 1 is 1.33 bits per heavy atom. The number of hydrogen-bond donors (Lipinski definition) is 2. The molecule has 96 valence electrons. The third-order valence-electron chi connectivity index (χ3n) is 2.49. The van der Waals surface area contributed by atoms with Gasteiger partial charge in [-0.15, -0.1) is 0 Å². The largest absolute Gasteiger partial charge is 0.341 e. The quantitative estimate of drug-likeness (QED) is 0.854. The standard InChI is InChI=1S/C13H17FN4/c1-9(2)4-15-8-13-17-7-12(18-13)10-3-11(14)6-16-5-10/h3,5-7,9,15H,4,8H2,1-2H3,(H,17,18). The highest BCUT2D eigenvalue weighted by atomic mass is 19.1. The van der Waals surface area contributed by atoms with E-state index in [0.717, 1.165) is 18.1 Å². The second-order valence-electron chi connectivity index (χ2n) is 4.66. The van der Waals surface area contributed by atoms with Gasteiger partial charge < -0.3 is 10.3 Å². The maximum atomic E-state index is 13.0. The summed E-state index contributed by atoms with van der Waals surface area (Å²) in [6, 6.07) is 1.44. The molecule has 0 fully saturated rings. The van der Waals surface area contributed by atoms with Gasteiger partial charge in [0.25, 0.3) is 0 Å². The zero-order chi connectivity index (χ0) is 13.0. The monoisotopic (exact) mass is 248 g/mol. The number of nitrogens with zero attached hydrogens (tertiary/aromatic N) is 2. The van der Waals surface area contributed by atoms with Crippen molar-refractivity contribution in [2.75, 3.05) is 6.54 Å². The zero-order valence-electron chi connectivity index (χ0n) is 10.6. The highest BCUT2D eigenvalue weighted by Crippen LogP contribution is 2.16. The summed E-state index contributed by atoms with van der Waals surface area (Å²) in [6.45, 7) is 5.93.